The van der Waals surface area contributed by atoms with Crippen molar-refractivity contribution >= 4 is 36.6 Å². The summed E-state index contributed by atoms with van der Waals surface area (Å²) in [5.74, 6) is 1.72. The highest BCUT2D eigenvalue weighted by atomic mass is 79.9. The summed E-state index contributed by atoms with van der Waals surface area (Å²) >= 11 is 8.39. The average molecular weight is 175 g/mol. The molecule has 0 spiro atoms. The van der Waals surface area contributed by atoms with Gasteiger partial charge < -0.3 is 0 Å². The Labute approximate surface area is 48.5 Å². The van der Waals surface area contributed by atoms with Crippen LogP contribution in [0.2, 0.25) is 0 Å². The van der Waals surface area contributed by atoms with Gasteiger partial charge in [0.15, 0.2) is 0 Å². The van der Waals surface area contributed by atoms with Crippen molar-refractivity contribution in [3.05, 3.63) is 0 Å². The van der Waals surface area contributed by atoms with Gasteiger partial charge in [-0.1, -0.05) is 10.2 Å². The van der Waals surface area contributed by atoms with Gasteiger partial charge in [-0.15, -0.1) is 11.6 Å². The molecule has 0 rings (SSSR count). The van der Waals surface area contributed by atoms with Gasteiger partial charge in [0.05, 0.1) is 0 Å². The monoisotopic (exact) mass is 174 g/mol. The maximum atomic E-state index is 5.25. The minimum Gasteiger partial charge on any atom is -0.126 e. The molecule has 0 nitrogen and oxygen atoms in total. The fourth-order valence-electron chi connectivity index (χ4n) is 0.0292. The third-order valence-corrected chi connectivity index (χ3v) is 1.90. The molecule has 0 unspecified atom stereocenters. The van der Waals surface area contributed by atoms with Crippen LogP contribution in [0, 0.1) is 0 Å². The molecule has 0 atom stereocenters. The lowest BCUT2D eigenvalue weighted by atomic mass is 11.0. The fourth-order valence-corrected chi connectivity index (χ4v) is 1.36. The van der Waals surface area contributed by atoms with E-state index in [0.29, 0.717) is 0 Å². The Morgan fingerprint density at radius 1 is 1.80 bits per heavy atom. The molecule has 0 N–H and O–H groups in total. The lowest BCUT2D eigenvalue weighted by Crippen LogP contribution is -1.67. The molecule has 0 saturated carbocycles. The highest BCUT2D eigenvalue weighted by Gasteiger charge is 1.72. The van der Waals surface area contributed by atoms with Crippen molar-refractivity contribution in [2.75, 3.05) is 11.6 Å². The molecule has 0 fully saturated rings. The summed E-state index contributed by atoms with van der Waals surface area (Å²) in [5, 5.41) is 0. The van der Waals surface area contributed by atoms with Gasteiger partial charge in [0, 0.05) is 11.6 Å². The van der Waals surface area contributed by atoms with E-state index in [0.717, 1.165) is 11.6 Å². The molecule has 0 aliphatic rings. The van der Waals surface area contributed by atoms with Crippen molar-refractivity contribution in [3.63, 3.8) is 0 Å². The van der Waals surface area contributed by atoms with Crippen molar-refractivity contribution in [2.24, 2.45) is 0 Å². The van der Waals surface area contributed by atoms with E-state index < -0.39 is 0 Å². The van der Waals surface area contributed by atoms with Crippen LogP contribution >= 0.6 is 36.6 Å². The van der Waals surface area contributed by atoms with Crippen molar-refractivity contribution < 1.29 is 0 Å². The maximum Gasteiger partial charge on any atom is 0.0322 e. The van der Waals surface area contributed by atoms with Gasteiger partial charge in [-0.25, -0.2) is 0 Å². The second-order valence-corrected chi connectivity index (χ2v) is 2.88. The molecule has 0 aromatic heterocycles. The van der Waals surface area contributed by atoms with Crippen LogP contribution in [0.5, 0.6) is 0 Å². The molecule has 0 aliphatic heterocycles. The lowest BCUT2D eigenvalue weighted by Gasteiger charge is -1.75. The van der Waals surface area contributed by atoms with E-state index in [1.54, 1.807) is 10.2 Å². The molecule has 3 heteroatoms. The minimum atomic E-state index is 0.732. The number of hydrogen-bond donors (Lipinski definition) is 0. The minimum absolute atomic E-state index is 0.732. The first-order valence-corrected chi connectivity index (χ1v) is 4.57. The van der Waals surface area contributed by atoms with E-state index in [1.807, 2.05) is 0 Å². The van der Waals surface area contributed by atoms with E-state index in [2.05, 4.69) is 14.8 Å². The van der Waals surface area contributed by atoms with Crippen LogP contribution < -0.4 is 0 Å². The van der Waals surface area contributed by atoms with Gasteiger partial charge in [-0.2, -0.15) is 0 Å². The van der Waals surface area contributed by atoms with Gasteiger partial charge in [-0.05, 0) is 14.8 Å². The molecule has 0 aromatic rings. The Hall–Kier alpha value is 1.12. The first-order chi connectivity index (χ1) is 2.41. The Kier molecular flexibility index (Phi) is 6.27. The molecule has 5 heavy (non-hydrogen) atoms. The topological polar surface area (TPSA) is 0 Å². The van der Waals surface area contributed by atoms with Crippen molar-refractivity contribution in [2.45, 2.75) is 0 Å². The third-order valence-electron chi connectivity index (χ3n) is 0.154. The molecular formula is C2H4BrClS. The van der Waals surface area contributed by atoms with E-state index in [9.17, 15) is 0 Å². The highest BCUT2D eigenvalue weighted by molar-refractivity contribution is 9.50. The summed E-state index contributed by atoms with van der Waals surface area (Å²) in [5.41, 5.74) is 0. The summed E-state index contributed by atoms with van der Waals surface area (Å²) in [4.78, 5) is 0. The van der Waals surface area contributed by atoms with Gasteiger partial charge in [0.1, 0.15) is 0 Å². The van der Waals surface area contributed by atoms with Gasteiger partial charge >= 0.3 is 0 Å². The SMILES string of the molecule is ClCCSBr. The number of rotatable bonds is 2. The third kappa shape index (κ3) is 5.12. The van der Waals surface area contributed by atoms with Crippen LogP contribution in [0.25, 0.3) is 0 Å². The van der Waals surface area contributed by atoms with Crippen molar-refractivity contribution in [1.29, 1.82) is 0 Å². The van der Waals surface area contributed by atoms with E-state index in [1.165, 1.54) is 0 Å². The lowest BCUT2D eigenvalue weighted by molar-refractivity contribution is 1.55. The predicted molar refractivity (Wildman–Crippen MR) is 32.1 cm³/mol. The van der Waals surface area contributed by atoms with Crippen LogP contribution in [0.4, 0.5) is 0 Å². The van der Waals surface area contributed by atoms with E-state index in [4.69, 9.17) is 11.6 Å². The zero-order valence-electron chi connectivity index (χ0n) is 2.58. The van der Waals surface area contributed by atoms with Gasteiger partial charge in [0.2, 0.25) is 0 Å². The number of hydrogen-bond acceptors (Lipinski definition) is 1. The maximum absolute atomic E-state index is 5.25. The summed E-state index contributed by atoms with van der Waals surface area (Å²) in [6.45, 7) is 0. The van der Waals surface area contributed by atoms with E-state index >= 15 is 0 Å². The number of alkyl halides is 1. The van der Waals surface area contributed by atoms with Gasteiger partial charge in [0.25, 0.3) is 0 Å². The first-order valence-electron chi connectivity index (χ1n) is 1.21. The van der Waals surface area contributed by atoms with Crippen molar-refractivity contribution in [1.82, 2.24) is 0 Å². The zero-order chi connectivity index (χ0) is 4.12. The molecule has 0 aliphatic carbocycles. The quantitative estimate of drug-likeness (QED) is 0.580. The largest absolute Gasteiger partial charge is 0.126 e. The van der Waals surface area contributed by atoms with Crippen molar-refractivity contribution in [3.8, 4) is 0 Å². The van der Waals surface area contributed by atoms with E-state index in [-0.39, 0.29) is 0 Å². The van der Waals surface area contributed by atoms with Gasteiger partial charge in [-0.3, -0.25) is 0 Å². The Morgan fingerprint density at radius 3 is 2.40 bits per heavy atom. The average Bonchev–Trinajstić information content (AvgIpc) is 1.41. The summed E-state index contributed by atoms with van der Waals surface area (Å²) < 4.78 is 0. The summed E-state index contributed by atoms with van der Waals surface area (Å²) in [6, 6.07) is 0. The molecular weight excluding hydrogens is 171 g/mol. The molecule has 0 saturated heterocycles. The fraction of sp³-hybridized carbons (Fsp3) is 1.00. The molecule has 0 bridgehead atoms. The second-order valence-electron chi connectivity index (χ2n) is 0.502. The van der Waals surface area contributed by atoms with Crippen LogP contribution in [-0.2, 0) is 0 Å². The zero-order valence-corrected chi connectivity index (χ0v) is 5.74. The summed E-state index contributed by atoms with van der Waals surface area (Å²) in [6.07, 6.45) is 0. The Morgan fingerprint density at radius 2 is 2.40 bits per heavy atom. The highest BCUT2D eigenvalue weighted by Crippen LogP contribution is 2.08. The standard InChI is InChI=1S/C2H4BrClS/c3-5-2-1-4/h1-2H2. The Balaban J connectivity index is 2.19. The normalized spacial score (nSPS) is 8.40. The molecule has 0 heterocycles. The first kappa shape index (κ1) is 6.12. The van der Waals surface area contributed by atoms with Crippen LogP contribution in [-0.4, -0.2) is 11.6 Å². The molecule has 0 amide bonds. The molecule has 32 valence electrons. The second kappa shape index (κ2) is 5.12. The summed E-state index contributed by atoms with van der Waals surface area (Å²) in [7, 11) is 1.58. The number of halogens is 2. The van der Waals surface area contributed by atoms with Crippen LogP contribution in [0.3, 0.4) is 0 Å². The Bertz CT molecular complexity index is 17.1. The molecule has 0 radical (unpaired) electrons. The van der Waals surface area contributed by atoms with Crippen LogP contribution in [0.15, 0.2) is 0 Å². The molecule has 0 aromatic carbocycles. The predicted octanol–water partition coefficient (Wildman–Crippen LogP) is 2.27. The smallest absolute Gasteiger partial charge is 0.0322 e. The van der Waals surface area contributed by atoms with Crippen LogP contribution in [0.1, 0.15) is 0 Å².